The Bertz CT molecular complexity index is 657. The highest BCUT2D eigenvalue weighted by Crippen LogP contribution is 2.25. The van der Waals surface area contributed by atoms with Crippen LogP contribution in [0, 0.1) is 5.92 Å². The zero-order valence-electron chi connectivity index (χ0n) is 13.8. The van der Waals surface area contributed by atoms with E-state index in [1.165, 1.54) is 10.5 Å². The minimum Gasteiger partial charge on any atom is -0.349 e. The predicted molar refractivity (Wildman–Crippen MR) is 100 cm³/mol. The van der Waals surface area contributed by atoms with Crippen molar-refractivity contribution in [1.82, 2.24) is 5.32 Å². The molecule has 4 heteroatoms. The smallest absolute Gasteiger partial charge is 0.251 e. The predicted octanol–water partition coefficient (Wildman–Crippen LogP) is 3.84. The van der Waals surface area contributed by atoms with Crippen LogP contribution in [0.4, 0.5) is 0 Å². The lowest BCUT2D eigenvalue weighted by Gasteiger charge is -2.19. The third-order valence-corrected chi connectivity index (χ3v) is 5.73. The Morgan fingerprint density at radius 2 is 1.83 bits per heavy atom. The summed E-state index contributed by atoms with van der Waals surface area (Å²) in [5.74, 6) is 1.35. The number of hydrogen-bond donors (Lipinski definition) is 2. The monoisotopic (exact) mass is 340 g/mol. The van der Waals surface area contributed by atoms with Crippen molar-refractivity contribution >= 4 is 17.7 Å². The summed E-state index contributed by atoms with van der Waals surface area (Å²) in [5.41, 5.74) is 7.74. The molecule has 0 spiro atoms. The van der Waals surface area contributed by atoms with E-state index >= 15 is 0 Å². The van der Waals surface area contributed by atoms with Gasteiger partial charge in [0.25, 0.3) is 5.91 Å². The zero-order chi connectivity index (χ0) is 16.8. The summed E-state index contributed by atoms with van der Waals surface area (Å²) in [7, 11) is 0. The molecule has 0 radical (unpaired) electrons. The summed E-state index contributed by atoms with van der Waals surface area (Å²) in [4.78, 5) is 13.7. The normalized spacial score (nSPS) is 20.0. The van der Waals surface area contributed by atoms with Crippen LogP contribution in [0.1, 0.15) is 35.2 Å². The molecule has 1 fully saturated rings. The van der Waals surface area contributed by atoms with E-state index in [1.54, 1.807) is 11.8 Å². The Hall–Kier alpha value is -1.78. The Balaban J connectivity index is 1.54. The van der Waals surface area contributed by atoms with Gasteiger partial charge in [-0.05, 0) is 55.1 Å². The number of nitrogens with two attached hydrogens (primary N) is 1. The minimum absolute atomic E-state index is 0.0163. The van der Waals surface area contributed by atoms with E-state index in [4.69, 9.17) is 5.73 Å². The summed E-state index contributed by atoms with van der Waals surface area (Å²) in [6.45, 7) is 0.653. The van der Waals surface area contributed by atoms with Gasteiger partial charge in [0.05, 0.1) is 0 Å². The molecule has 0 heterocycles. The van der Waals surface area contributed by atoms with Gasteiger partial charge < -0.3 is 11.1 Å². The molecule has 1 saturated carbocycles. The zero-order valence-corrected chi connectivity index (χ0v) is 14.6. The molecule has 3 nitrogen and oxygen atoms in total. The van der Waals surface area contributed by atoms with E-state index in [1.807, 2.05) is 42.5 Å². The van der Waals surface area contributed by atoms with Crippen molar-refractivity contribution in [3.05, 3.63) is 65.7 Å². The van der Waals surface area contributed by atoms with E-state index in [0.717, 1.165) is 30.6 Å². The van der Waals surface area contributed by atoms with Crippen LogP contribution >= 0.6 is 11.8 Å². The van der Waals surface area contributed by atoms with Crippen molar-refractivity contribution in [3.63, 3.8) is 0 Å². The average Bonchev–Trinajstić information content (AvgIpc) is 3.08. The van der Waals surface area contributed by atoms with E-state index < -0.39 is 0 Å². The number of carbonyl (C=O) groups is 1. The molecule has 2 atom stereocenters. The maximum atomic E-state index is 12.4. The van der Waals surface area contributed by atoms with Crippen LogP contribution in [0.2, 0.25) is 0 Å². The van der Waals surface area contributed by atoms with Crippen LogP contribution < -0.4 is 11.1 Å². The van der Waals surface area contributed by atoms with Gasteiger partial charge in [-0.3, -0.25) is 4.79 Å². The van der Waals surface area contributed by atoms with Crippen molar-refractivity contribution in [2.45, 2.75) is 36.0 Å². The van der Waals surface area contributed by atoms with Crippen molar-refractivity contribution in [2.24, 2.45) is 11.7 Å². The quantitative estimate of drug-likeness (QED) is 0.786. The maximum Gasteiger partial charge on any atom is 0.251 e. The van der Waals surface area contributed by atoms with Gasteiger partial charge in [-0.1, -0.05) is 36.8 Å². The molecule has 2 aromatic rings. The Morgan fingerprint density at radius 3 is 2.54 bits per heavy atom. The second-order valence-corrected chi connectivity index (χ2v) is 7.35. The van der Waals surface area contributed by atoms with Gasteiger partial charge in [0.2, 0.25) is 0 Å². The Kier molecular flexibility index (Phi) is 5.94. The number of hydrogen-bond acceptors (Lipinski definition) is 3. The largest absolute Gasteiger partial charge is 0.349 e. The molecule has 0 aromatic heterocycles. The van der Waals surface area contributed by atoms with Crippen molar-refractivity contribution < 1.29 is 4.79 Å². The molecule has 3 N–H and O–H groups in total. The molecule has 0 bridgehead atoms. The molecule has 126 valence electrons. The van der Waals surface area contributed by atoms with Gasteiger partial charge in [-0.25, -0.2) is 0 Å². The number of rotatable bonds is 6. The van der Waals surface area contributed by atoms with Crippen LogP contribution in [0.25, 0.3) is 0 Å². The second kappa shape index (κ2) is 8.36. The summed E-state index contributed by atoms with van der Waals surface area (Å²) < 4.78 is 0. The number of amides is 1. The van der Waals surface area contributed by atoms with Crippen LogP contribution in [-0.2, 0) is 5.75 Å². The Labute approximate surface area is 148 Å². The summed E-state index contributed by atoms with van der Waals surface area (Å²) in [5, 5.41) is 3.15. The van der Waals surface area contributed by atoms with E-state index in [2.05, 4.69) is 17.4 Å². The highest BCUT2D eigenvalue weighted by molar-refractivity contribution is 7.98. The van der Waals surface area contributed by atoms with E-state index in [-0.39, 0.29) is 11.9 Å². The molecule has 1 aliphatic rings. The third-order valence-electron chi connectivity index (χ3n) is 4.64. The molecule has 0 aliphatic heterocycles. The van der Waals surface area contributed by atoms with Gasteiger partial charge in [0.15, 0.2) is 0 Å². The van der Waals surface area contributed by atoms with Crippen molar-refractivity contribution in [1.29, 1.82) is 0 Å². The first-order valence-electron chi connectivity index (χ1n) is 8.54. The summed E-state index contributed by atoms with van der Waals surface area (Å²) in [6.07, 6.45) is 3.32. The number of thioether (sulfide) groups is 1. The minimum atomic E-state index is 0.0163. The van der Waals surface area contributed by atoms with Crippen LogP contribution in [0.15, 0.2) is 59.5 Å². The van der Waals surface area contributed by atoms with Gasteiger partial charge in [-0.2, -0.15) is 0 Å². The molecule has 0 saturated heterocycles. The number of benzene rings is 2. The van der Waals surface area contributed by atoms with Crippen molar-refractivity contribution in [3.8, 4) is 0 Å². The number of carbonyl (C=O) groups excluding carboxylic acids is 1. The number of nitrogens with one attached hydrogen (secondary N) is 1. The lowest BCUT2D eigenvalue weighted by molar-refractivity contribution is 0.0929. The molecule has 2 aromatic carbocycles. The first kappa shape index (κ1) is 17.1. The van der Waals surface area contributed by atoms with Gasteiger partial charge in [0, 0.05) is 22.3 Å². The van der Waals surface area contributed by atoms with Gasteiger partial charge >= 0.3 is 0 Å². The van der Waals surface area contributed by atoms with E-state index in [9.17, 15) is 4.79 Å². The third kappa shape index (κ3) is 4.40. The molecule has 1 amide bonds. The van der Waals surface area contributed by atoms with Crippen LogP contribution in [0.5, 0.6) is 0 Å². The molecular formula is C20H24N2OS. The lowest BCUT2D eigenvalue weighted by Crippen LogP contribution is -2.39. The highest BCUT2D eigenvalue weighted by atomic mass is 32.2. The van der Waals surface area contributed by atoms with Crippen molar-refractivity contribution in [2.75, 3.05) is 6.54 Å². The van der Waals surface area contributed by atoms with Gasteiger partial charge in [0.1, 0.15) is 0 Å². The topological polar surface area (TPSA) is 55.1 Å². The molecule has 1 aliphatic carbocycles. The average molecular weight is 340 g/mol. The molecule has 24 heavy (non-hydrogen) atoms. The fourth-order valence-corrected chi connectivity index (χ4v) is 4.07. The lowest BCUT2D eigenvalue weighted by atomic mass is 10.0. The van der Waals surface area contributed by atoms with Gasteiger partial charge in [-0.15, -0.1) is 11.8 Å². The van der Waals surface area contributed by atoms with Crippen LogP contribution in [-0.4, -0.2) is 18.5 Å². The van der Waals surface area contributed by atoms with Crippen LogP contribution in [0.3, 0.4) is 0 Å². The second-order valence-electron chi connectivity index (χ2n) is 6.31. The van der Waals surface area contributed by atoms with E-state index in [0.29, 0.717) is 12.5 Å². The Morgan fingerprint density at radius 1 is 1.08 bits per heavy atom. The summed E-state index contributed by atoms with van der Waals surface area (Å²) >= 11 is 1.80. The first-order chi connectivity index (χ1) is 11.8. The fourth-order valence-electron chi connectivity index (χ4n) is 3.20. The molecular weight excluding hydrogens is 316 g/mol. The first-order valence-corrected chi connectivity index (χ1v) is 9.52. The fraction of sp³-hybridized carbons (Fsp3) is 0.350. The SMILES string of the molecule is NCC1CCCC1NC(=O)c1ccc(CSc2ccccc2)cc1. The highest BCUT2D eigenvalue weighted by Gasteiger charge is 2.27. The molecule has 3 rings (SSSR count). The molecule has 2 unspecified atom stereocenters. The summed E-state index contributed by atoms with van der Waals surface area (Å²) in [6, 6.07) is 18.5. The standard InChI is InChI=1S/C20H24N2OS/c21-13-17-5-4-8-19(17)22-20(23)16-11-9-15(10-12-16)14-24-18-6-2-1-3-7-18/h1-3,6-7,9-12,17,19H,4-5,8,13-14,21H2,(H,22,23). The maximum absolute atomic E-state index is 12.4.